The van der Waals surface area contributed by atoms with Crippen molar-refractivity contribution >= 4 is 11.6 Å². The number of nitrogens with zero attached hydrogens (tertiary/aromatic N) is 2. The standard InChI is InChI=1S/C19H26N4O/c1-3-20-19(22-14-17-7-5-11-24-17)21-13-15-8-9-18-16(12-15)6-4-10-23(18)2/h5,7-9,11-12H,3-4,6,10,13-14H2,1-2H3,(H2,20,21,22). The Morgan fingerprint density at radius 1 is 1.29 bits per heavy atom. The Morgan fingerprint density at radius 2 is 2.21 bits per heavy atom. The molecule has 0 aliphatic carbocycles. The van der Waals surface area contributed by atoms with E-state index in [0.717, 1.165) is 31.2 Å². The lowest BCUT2D eigenvalue weighted by Gasteiger charge is -2.27. The first-order valence-corrected chi connectivity index (χ1v) is 8.63. The number of fused-ring (bicyclic) bond motifs is 1. The van der Waals surface area contributed by atoms with Gasteiger partial charge in [-0.2, -0.15) is 0 Å². The molecule has 1 aliphatic rings. The second-order valence-electron chi connectivity index (χ2n) is 6.12. The Labute approximate surface area is 143 Å². The van der Waals surface area contributed by atoms with E-state index in [1.807, 2.05) is 12.1 Å². The lowest BCUT2D eigenvalue weighted by atomic mass is 10.00. The second kappa shape index (κ2) is 7.90. The molecule has 5 heteroatoms. The summed E-state index contributed by atoms with van der Waals surface area (Å²) in [6.45, 7) is 5.35. The lowest BCUT2D eigenvalue weighted by Crippen LogP contribution is -2.36. The van der Waals surface area contributed by atoms with Crippen molar-refractivity contribution in [2.24, 2.45) is 4.99 Å². The number of anilines is 1. The molecule has 0 fully saturated rings. The van der Waals surface area contributed by atoms with Crippen LogP contribution in [0, 0.1) is 0 Å². The van der Waals surface area contributed by atoms with E-state index in [1.54, 1.807) is 6.26 Å². The number of hydrogen-bond acceptors (Lipinski definition) is 3. The molecule has 5 nitrogen and oxygen atoms in total. The maximum absolute atomic E-state index is 5.35. The molecule has 2 heterocycles. The third-order valence-electron chi connectivity index (χ3n) is 4.27. The number of benzene rings is 1. The molecule has 24 heavy (non-hydrogen) atoms. The van der Waals surface area contributed by atoms with Crippen molar-refractivity contribution in [3.05, 3.63) is 53.5 Å². The molecule has 3 rings (SSSR count). The van der Waals surface area contributed by atoms with E-state index in [2.05, 4.69) is 47.7 Å². The van der Waals surface area contributed by atoms with Crippen molar-refractivity contribution in [1.82, 2.24) is 10.6 Å². The quantitative estimate of drug-likeness (QED) is 0.655. The summed E-state index contributed by atoms with van der Waals surface area (Å²) in [7, 11) is 2.16. The van der Waals surface area contributed by atoms with Gasteiger partial charge in [-0.3, -0.25) is 0 Å². The van der Waals surface area contributed by atoms with Crippen LogP contribution in [-0.4, -0.2) is 26.1 Å². The number of guanidine groups is 1. The van der Waals surface area contributed by atoms with Crippen LogP contribution in [0.1, 0.15) is 30.2 Å². The fraction of sp³-hybridized carbons (Fsp3) is 0.421. The molecule has 0 saturated carbocycles. The minimum atomic E-state index is 0.633. The van der Waals surface area contributed by atoms with Crippen LogP contribution < -0.4 is 15.5 Å². The van der Waals surface area contributed by atoms with Crippen molar-refractivity contribution in [3.8, 4) is 0 Å². The summed E-state index contributed by atoms with van der Waals surface area (Å²) in [4.78, 5) is 7.02. The largest absolute Gasteiger partial charge is 0.467 e. The summed E-state index contributed by atoms with van der Waals surface area (Å²) in [6, 6.07) is 10.6. The summed E-state index contributed by atoms with van der Waals surface area (Å²) in [5.74, 6) is 1.71. The molecule has 1 aromatic carbocycles. The first kappa shape index (κ1) is 16.4. The second-order valence-corrected chi connectivity index (χ2v) is 6.12. The van der Waals surface area contributed by atoms with Crippen LogP contribution >= 0.6 is 0 Å². The zero-order chi connectivity index (χ0) is 16.8. The number of rotatable bonds is 5. The van der Waals surface area contributed by atoms with Gasteiger partial charge in [-0.15, -0.1) is 0 Å². The molecule has 1 aliphatic heterocycles. The van der Waals surface area contributed by atoms with Gasteiger partial charge in [-0.05, 0) is 49.1 Å². The highest BCUT2D eigenvalue weighted by Crippen LogP contribution is 2.26. The van der Waals surface area contributed by atoms with Crippen LogP contribution in [0.5, 0.6) is 0 Å². The Hall–Kier alpha value is -2.43. The van der Waals surface area contributed by atoms with E-state index in [0.29, 0.717) is 13.1 Å². The molecule has 2 N–H and O–H groups in total. The zero-order valence-corrected chi connectivity index (χ0v) is 14.5. The van der Waals surface area contributed by atoms with Gasteiger partial charge in [0.1, 0.15) is 5.76 Å². The minimum Gasteiger partial charge on any atom is -0.467 e. The summed E-state index contributed by atoms with van der Waals surface area (Å²) in [6.07, 6.45) is 4.07. The molecule has 0 saturated heterocycles. The molecule has 0 spiro atoms. The number of furan rings is 1. The third kappa shape index (κ3) is 4.10. The molecule has 1 aromatic heterocycles. The van der Waals surface area contributed by atoms with Gasteiger partial charge in [0.15, 0.2) is 5.96 Å². The van der Waals surface area contributed by atoms with E-state index in [9.17, 15) is 0 Å². The van der Waals surface area contributed by atoms with Crippen LogP contribution in [0.3, 0.4) is 0 Å². The molecule has 2 aromatic rings. The molecule has 0 atom stereocenters. The molecule has 0 unspecified atom stereocenters. The molecule has 0 amide bonds. The normalized spacial score (nSPS) is 14.4. The highest BCUT2D eigenvalue weighted by molar-refractivity contribution is 5.79. The van der Waals surface area contributed by atoms with Gasteiger partial charge < -0.3 is 20.0 Å². The highest BCUT2D eigenvalue weighted by Gasteiger charge is 2.13. The van der Waals surface area contributed by atoms with E-state index in [-0.39, 0.29) is 0 Å². The van der Waals surface area contributed by atoms with Crippen molar-refractivity contribution in [1.29, 1.82) is 0 Å². The minimum absolute atomic E-state index is 0.633. The smallest absolute Gasteiger partial charge is 0.191 e. The van der Waals surface area contributed by atoms with Crippen molar-refractivity contribution in [3.63, 3.8) is 0 Å². The average molecular weight is 326 g/mol. The van der Waals surface area contributed by atoms with E-state index in [1.165, 1.54) is 23.2 Å². The van der Waals surface area contributed by atoms with E-state index < -0.39 is 0 Å². The first-order valence-electron chi connectivity index (χ1n) is 8.63. The van der Waals surface area contributed by atoms with Gasteiger partial charge in [0.05, 0.1) is 19.4 Å². The van der Waals surface area contributed by atoms with Crippen LogP contribution in [0.25, 0.3) is 0 Å². The molecule has 128 valence electrons. The Bertz CT molecular complexity index is 679. The fourth-order valence-corrected chi connectivity index (χ4v) is 3.03. The lowest BCUT2D eigenvalue weighted by molar-refractivity contribution is 0.501. The number of hydrogen-bond donors (Lipinski definition) is 2. The maximum atomic E-state index is 5.35. The van der Waals surface area contributed by atoms with Crippen LogP contribution in [0.4, 0.5) is 5.69 Å². The monoisotopic (exact) mass is 326 g/mol. The van der Waals surface area contributed by atoms with Gasteiger partial charge >= 0.3 is 0 Å². The molecular weight excluding hydrogens is 300 g/mol. The van der Waals surface area contributed by atoms with Gasteiger partial charge in [-0.25, -0.2) is 4.99 Å². The van der Waals surface area contributed by atoms with Gasteiger partial charge in [-0.1, -0.05) is 12.1 Å². The van der Waals surface area contributed by atoms with E-state index >= 15 is 0 Å². The van der Waals surface area contributed by atoms with Crippen LogP contribution in [0.2, 0.25) is 0 Å². The van der Waals surface area contributed by atoms with Crippen molar-refractivity contribution in [2.75, 3.05) is 25.0 Å². The maximum Gasteiger partial charge on any atom is 0.191 e. The average Bonchev–Trinajstić information content (AvgIpc) is 3.11. The Kier molecular flexibility index (Phi) is 5.41. The molecule has 0 radical (unpaired) electrons. The third-order valence-corrected chi connectivity index (χ3v) is 4.27. The van der Waals surface area contributed by atoms with Gasteiger partial charge in [0.2, 0.25) is 0 Å². The number of aliphatic imine (C=N–C) groups is 1. The molecular formula is C19H26N4O. The Morgan fingerprint density at radius 3 is 3.00 bits per heavy atom. The highest BCUT2D eigenvalue weighted by atomic mass is 16.3. The molecule has 0 bridgehead atoms. The van der Waals surface area contributed by atoms with E-state index in [4.69, 9.17) is 9.41 Å². The van der Waals surface area contributed by atoms with Gasteiger partial charge in [0.25, 0.3) is 0 Å². The summed E-state index contributed by atoms with van der Waals surface area (Å²) in [5, 5.41) is 6.57. The summed E-state index contributed by atoms with van der Waals surface area (Å²) in [5.41, 5.74) is 4.04. The SMILES string of the molecule is CCNC(=NCc1ccc2c(c1)CCCN2C)NCc1ccco1. The summed E-state index contributed by atoms with van der Waals surface area (Å²) >= 11 is 0. The summed E-state index contributed by atoms with van der Waals surface area (Å²) < 4.78 is 5.35. The predicted molar refractivity (Wildman–Crippen MR) is 98.4 cm³/mol. The number of nitrogens with one attached hydrogen (secondary N) is 2. The number of aryl methyl sites for hydroxylation is 1. The van der Waals surface area contributed by atoms with Crippen LogP contribution in [-0.2, 0) is 19.5 Å². The van der Waals surface area contributed by atoms with Gasteiger partial charge in [0, 0.05) is 25.8 Å². The zero-order valence-electron chi connectivity index (χ0n) is 14.5. The predicted octanol–water partition coefficient (Wildman–Crippen LogP) is 2.92. The Balaban J connectivity index is 1.65. The first-order chi connectivity index (χ1) is 11.8. The van der Waals surface area contributed by atoms with Crippen LogP contribution in [0.15, 0.2) is 46.0 Å². The fourth-order valence-electron chi connectivity index (χ4n) is 3.03. The van der Waals surface area contributed by atoms with Crippen molar-refractivity contribution in [2.45, 2.75) is 32.9 Å². The van der Waals surface area contributed by atoms with Crippen molar-refractivity contribution < 1.29 is 4.42 Å². The topological polar surface area (TPSA) is 52.8 Å².